The number of nitrogens with zero attached hydrogens (tertiary/aromatic N) is 7. The van der Waals surface area contributed by atoms with E-state index in [0.717, 1.165) is 29.0 Å². The van der Waals surface area contributed by atoms with Crippen LogP contribution in [0.25, 0.3) is 5.82 Å². The van der Waals surface area contributed by atoms with E-state index in [1.807, 2.05) is 32.0 Å². The molecule has 12 nitrogen and oxygen atoms in total. The first-order valence-electron chi connectivity index (χ1n) is 12.2. The largest absolute Gasteiger partial charge is 0.368 e. The Morgan fingerprint density at radius 1 is 1.16 bits per heavy atom. The van der Waals surface area contributed by atoms with Crippen LogP contribution in [0.1, 0.15) is 29.8 Å². The van der Waals surface area contributed by atoms with Gasteiger partial charge in [-0.1, -0.05) is 6.07 Å². The summed E-state index contributed by atoms with van der Waals surface area (Å²) in [7, 11) is 1.57. The van der Waals surface area contributed by atoms with Gasteiger partial charge in [0.25, 0.3) is 5.91 Å². The summed E-state index contributed by atoms with van der Waals surface area (Å²) in [6, 6.07) is 7.34. The second-order valence-electron chi connectivity index (χ2n) is 9.25. The fourth-order valence-corrected chi connectivity index (χ4v) is 4.41. The minimum Gasteiger partial charge on any atom is -0.368 e. The average Bonchev–Trinajstić information content (AvgIpc) is 3.54. The Labute approximate surface area is 218 Å². The standard InChI is InChI=1S/C25H29FN10O2/c1-16-11-22(32-24(30-16)31-20-10-17(2)33-34-20)35-8-6-25(38-3,7-9-35)23(37)28-13-18-4-5-21(27-12-18)36-15-19(26)14-29-36/h4-5,10-12,14-15H,6-9,13H2,1-3H3,(H,28,37)(H2,30,31,32,33,34). The lowest BCUT2D eigenvalue weighted by Crippen LogP contribution is -2.55. The third-order valence-electron chi connectivity index (χ3n) is 6.53. The Morgan fingerprint density at radius 3 is 2.61 bits per heavy atom. The SMILES string of the molecule is COC1(C(=O)NCc2ccc(-n3cc(F)cn3)nc2)CCN(c2cc(C)nc(Nc3cc(C)[nH]n3)n2)CC1. The van der Waals surface area contributed by atoms with E-state index < -0.39 is 11.4 Å². The Hall–Kier alpha value is -4.39. The van der Waals surface area contributed by atoms with E-state index in [4.69, 9.17) is 4.74 Å². The summed E-state index contributed by atoms with van der Waals surface area (Å²) < 4.78 is 20.3. The van der Waals surface area contributed by atoms with Gasteiger partial charge in [0.05, 0.1) is 12.4 Å². The summed E-state index contributed by atoms with van der Waals surface area (Å²) in [5, 5.41) is 17.1. The first-order valence-corrected chi connectivity index (χ1v) is 12.2. The molecule has 0 aliphatic carbocycles. The summed E-state index contributed by atoms with van der Waals surface area (Å²) in [6.07, 6.45) is 5.00. The van der Waals surface area contributed by atoms with Gasteiger partial charge in [0.1, 0.15) is 11.4 Å². The number of rotatable bonds is 8. The number of hydrogen-bond acceptors (Lipinski definition) is 9. The number of amides is 1. The Kier molecular flexibility index (Phi) is 7.01. The van der Waals surface area contributed by atoms with Crippen molar-refractivity contribution in [2.75, 3.05) is 30.4 Å². The van der Waals surface area contributed by atoms with Crippen molar-refractivity contribution in [1.29, 1.82) is 0 Å². The molecule has 1 amide bonds. The van der Waals surface area contributed by atoms with Crippen LogP contribution in [0.5, 0.6) is 0 Å². The van der Waals surface area contributed by atoms with Gasteiger partial charge in [-0.25, -0.2) is 19.0 Å². The van der Waals surface area contributed by atoms with Crippen LogP contribution in [0.3, 0.4) is 0 Å². The molecule has 5 rings (SSSR count). The minimum absolute atomic E-state index is 0.173. The number of nitrogens with one attached hydrogen (secondary N) is 3. The zero-order valence-corrected chi connectivity index (χ0v) is 21.4. The van der Waals surface area contributed by atoms with Crippen molar-refractivity contribution in [3.8, 4) is 5.82 Å². The van der Waals surface area contributed by atoms with E-state index in [-0.39, 0.29) is 5.91 Å². The first kappa shape index (κ1) is 25.3. The van der Waals surface area contributed by atoms with Crippen molar-refractivity contribution in [3.63, 3.8) is 0 Å². The lowest BCUT2D eigenvalue weighted by molar-refractivity contribution is -0.146. The number of H-pyrrole nitrogens is 1. The van der Waals surface area contributed by atoms with Crippen molar-refractivity contribution in [3.05, 3.63) is 65.6 Å². The molecule has 0 unspecified atom stereocenters. The van der Waals surface area contributed by atoms with E-state index in [1.54, 1.807) is 19.4 Å². The lowest BCUT2D eigenvalue weighted by Gasteiger charge is -2.40. The van der Waals surface area contributed by atoms with Crippen LogP contribution in [0, 0.1) is 19.7 Å². The second-order valence-corrected chi connectivity index (χ2v) is 9.25. The molecule has 1 aliphatic rings. The van der Waals surface area contributed by atoms with E-state index in [2.05, 4.69) is 45.8 Å². The van der Waals surface area contributed by atoms with Gasteiger partial charge < -0.3 is 20.3 Å². The van der Waals surface area contributed by atoms with Crippen molar-refractivity contribution in [2.45, 2.75) is 38.8 Å². The molecule has 1 aliphatic heterocycles. The Bertz CT molecular complexity index is 1410. The van der Waals surface area contributed by atoms with E-state index in [1.165, 1.54) is 10.9 Å². The Morgan fingerprint density at radius 2 is 1.97 bits per heavy atom. The molecule has 0 saturated carbocycles. The predicted molar refractivity (Wildman–Crippen MR) is 138 cm³/mol. The van der Waals surface area contributed by atoms with Crippen LogP contribution in [0.2, 0.25) is 0 Å². The minimum atomic E-state index is -0.938. The molecule has 4 aromatic heterocycles. The Balaban J connectivity index is 1.19. The highest BCUT2D eigenvalue weighted by Crippen LogP contribution is 2.29. The third kappa shape index (κ3) is 5.47. The van der Waals surface area contributed by atoms with Gasteiger partial charge in [-0.2, -0.15) is 15.2 Å². The number of methoxy groups -OCH3 is 1. The molecule has 0 aromatic carbocycles. The summed E-state index contributed by atoms with van der Waals surface area (Å²) in [5.74, 6) is 1.77. The zero-order chi connectivity index (χ0) is 26.7. The maximum atomic E-state index is 13.2. The fraction of sp³-hybridized carbons (Fsp3) is 0.360. The van der Waals surface area contributed by atoms with Crippen LogP contribution in [-0.4, -0.2) is 66.6 Å². The summed E-state index contributed by atoms with van der Waals surface area (Å²) in [5.41, 5.74) is 1.63. The maximum Gasteiger partial charge on any atom is 0.252 e. The van der Waals surface area contributed by atoms with Crippen LogP contribution in [0.15, 0.2) is 42.9 Å². The number of aromatic nitrogens is 7. The number of piperidine rings is 1. The number of carbonyl (C=O) groups excluding carboxylic acids is 1. The number of hydrogen-bond donors (Lipinski definition) is 3. The van der Waals surface area contributed by atoms with Gasteiger partial charge in [0.15, 0.2) is 17.5 Å². The fourth-order valence-electron chi connectivity index (χ4n) is 4.41. The smallest absolute Gasteiger partial charge is 0.252 e. The number of ether oxygens (including phenoxy) is 1. The maximum absolute atomic E-state index is 13.2. The normalized spacial score (nSPS) is 14.9. The zero-order valence-electron chi connectivity index (χ0n) is 21.4. The number of anilines is 3. The number of pyridine rings is 1. The van der Waals surface area contributed by atoms with E-state index in [0.29, 0.717) is 50.1 Å². The highest BCUT2D eigenvalue weighted by atomic mass is 19.1. The third-order valence-corrected chi connectivity index (χ3v) is 6.53. The van der Waals surface area contributed by atoms with Crippen molar-refractivity contribution < 1.29 is 13.9 Å². The molecule has 38 heavy (non-hydrogen) atoms. The molecule has 13 heteroatoms. The van der Waals surface area contributed by atoms with Crippen molar-refractivity contribution in [1.82, 2.24) is 40.2 Å². The quantitative estimate of drug-likeness (QED) is 0.320. The highest BCUT2D eigenvalue weighted by Gasteiger charge is 2.42. The van der Waals surface area contributed by atoms with Gasteiger partial charge in [-0.15, -0.1) is 0 Å². The van der Waals surface area contributed by atoms with Gasteiger partial charge in [-0.3, -0.25) is 9.89 Å². The van der Waals surface area contributed by atoms with Gasteiger partial charge >= 0.3 is 0 Å². The van der Waals surface area contributed by atoms with Crippen LogP contribution in [-0.2, 0) is 16.1 Å². The number of halogens is 1. The molecule has 0 atom stereocenters. The molecule has 0 radical (unpaired) electrons. The summed E-state index contributed by atoms with van der Waals surface area (Å²) in [6.45, 7) is 5.31. The molecule has 198 valence electrons. The number of aryl methyl sites for hydroxylation is 2. The molecular formula is C25H29FN10O2. The van der Waals surface area contributed by atoms with Crippen molar-refractivity contribution in [2.24, 2.45) is 0 Å². The monoisotopic (exact) mass is 520 g/mol. The van der Waals surface area contributed by atoms with E-state index >= 15 is 0 Å². The first-order chi connectivity index (χ1) is 18.3. The molecule has 1 fully saturated rings. The summed E-state index contributed by atoms with van der Waals surface area (Å²) >= 11 is 0. The van der Waals surface area contributed by atoms with E-state index in [9.17, 15) is 9.18 Å². The van der Waals surface area contributed by atoms with Crippen molar-refractivity contribution >= 4 is 23.5 Å². The van der Waals surface area contributed by atoms with Crippen LogP contribution in [0.4, 0.5) is 22.0 Å². The molecule has 4 aromatic rings. The summed E-state index contributed by atoms with van der Waals surface area (Å²) in [4.78, 5) is 28.7. The number of aromatic amines is 1. The lowest BCUT2D eigenvalue weighted by atomic mass is 9.90. The molecule has 1 saturated heterocycles. The molecule has 3 N–H and O–H groups in total. The molecule has 5 heterocycles. The molecule has 0 spiro atoms. The van der Waals surface area contributed by atoms with Crippen LogP contribution < -0.4 is 15.5 Å². The predicted octanol–water partition coefficient (Wildman–Crippen LogP) is 2.58. The second kappa shape index (κ2) is 10.5. The highest BCUT2D eigenvalue weighted by molar-refractivity contribution is 5.85. The molecular weight excluding hydrogens is 491 g/mol. The van der Waals surface area contributed by atoms with Gasteiger partial charge in [0, 0.05) is 69.3 Å². The van der Waals surface area contributed by atoms with Gasteiger partial charge in [0.2, 0.25) is 5.95 Å². The topological polar surface area (TPSA) is 139 Å². The number of carbonyl (C=O) groups is 1. The average molecular weight is 521 g/mol. The molecule has 0 bridgehead atoms. The van der Waals surface area contributed by atoms with Gasteiger partial charge in [-0.05, 0) is 25.5 Å². The van der Waals surface area contributed by atoms with Crippen LogP contribution >= 0.6 is 0 Å².